The number of hydrogen-bond acceptors (Lipinski definition) is 5. The highest BCUT2D eigenvalue weighted by molar-refractivity contribution is 5.46. The van der Waals surface area contributed by atoms with Crippen molar-refractivity contribution < 1.29 is 0 Å². The number of nitrogens with zero attached hydrogens (tertiary/aromatic N) is 2. The molecule has 4 N–H and O–H groups in total. The van der Waals surface area contributed by atoms with Crippen molar-refractivity contribution in [2.24, 2.45) is 11.8 Å². The highest BCUT2D eigenvalue weighted by atomic mass is 15.3. The fourth-order valence-corrected chi connectivity index (χ4v) is 2.44. The molecule has 0 atom stereocenters. The lowest BCUT2D eigenvalue weighted by Crippen LogP contribution is -2.12. The van der Waals surface area contributed by atoms with E-state index < -0.39 is 0 Å². The predicted molar refractivity (Wildman–Crippen MR) is 69.6 cm³/mol. The van der Waals surface area contributed by atoms with E-state index in [1.807, 2.05) is 13.0 Å². The van der Waals surface area contributed by atoms with Gasteiger partial charge < -0.3 is 10.7 Å². The maximum atomic E-state index is 5.35. The Bertz CT molecular complexity index is 360. The molecule has 0 saturated heterocycles. The summed E-state index contributed by atoms with van der Waals surface area (Å²) in [6.45, 7) is 2.84. The SMILES string of the molecule is Cc1nc(NN)cc(NCCC2CCCC2)n1. The van der Waals surface area contributed by atoms with Gasteiger partial charge in [-0.2, -0.15) is 0 Å². The first-order valence-corrected chi connectivity index (χ1v) is 6.34. The van der Waals surface area contributed by atoms with Gasteiger partial charge in [-0.3, -0.25) is 0 Å². The number of hydrazine groups is 1. The average Bonchev–Trinajstić information content (AvgIpc) is 2.81. The van der Waals surface area contributed by atoms with E-state index >= 15 is 0 Å². The zero-order valence-corrected chi connectivity index (χ0v) is 10.4. The zero-order valence-electron chi connectivity index (χ0n) is 10.4. The van der Waals surface area contributed by atoms with Crippen molar-refractivity contribution >= 4 is 11.6 Å². The summed E-state index contributed by atoms with van der Waals surface area (Å²) in [4.78, 5) is 8.48. The zero-order chi connectivity index (χ0) is 12.1. The minimum atomic E-state index is 0.654. The van der Waals surface area contributed by atoms with Crippen LogP contribution in [0.15, 0.2) is 6.07 Å². The van der Waals surface area contributed by atoms with Crippen LogP contribution >= 0.6 is 0 Å². The Morgan fingerprint density at radius 2 is 2.00 bits per heavy atom. The fourth-order valence-electron chi connectivity index (χ4n) is 2.44. The number of rotatable bonds is 5. The molecule has 0 unspecified atom stereocenters. The van der Waals surface area contributed by atoms with Gasteiger partial charge in [0.1, 0.15) is 17.5 Å². The summed E-state index contributed by atoms with van der Waals surface area (Å²) >= 11 is 0. The van der Waals surface area contributed by atoms with Crippen LogP contribution in [0, 0.1) is 12.8 Å². The van der Waals surface area contributed by atoms with Crippen LogP contribution in [0.1, 0.15) is 37.9 Å². The molecule has 0 bridgehead atoms. The van der Waals surface area contributed by atoms with E-state index in [1.54, 1.807) is 0 Å². The van der Waals surface area contributed by atoms with Gasteiger partial charge in [0.2, 0.25) is 0 Å². The predicted octanol–water partition coefficient (Wildman–Crippen LogP) is 2.06. The van der Waals surface area contributed by atoms with Crippen molar-refractivity contribution in [2.75, 3.05) is 17.3 Å². The molecule has 1 heterocycles. The average molecular weight is 235 g/mol. The van der Waals surface area contributed by atoms with Crippen LogP contribution in [0.2, 0.25) is 0 Å². The van der Waals surface area contributed by atoms with Crippen LogP contribution in [0.25, 0.3) is 0 Å². The maximum Gasteiger partial charge on any atom is 0.145 e. The van der Waals surface area contributed by atoms with Gasteiger partial charge in [-0.05, 0) is 19.3 Å². The number of nitrogens with one attached hydrogen (secondary N) is 2. The second-order valence-corrected chi connectivity index (χ2v) is 4.70. The first-order chi connectivity index (χ1) is 8.28. The van der Waals surface area contributed by atoms with E-state index in [1.165, 1.54) is 32.1 Å². The maximum absolute atomic E-state index is 5.35. The Morgan fingerprint density at radius 3 is 2.71 bits per heavy atom. The van der Waals surface area contributed by atoms with E-state index in [0.717, 1.165) is 24.1 Å². The number of aryl methyl sites for hydroxylation is 1. The molecule has 0 spiro atoms. The van der Waals surface area contributed by atoms with Crippen LogP contribution in [-0.2, 0) is 0 Å². The first-order valence-electron chi connectivity index (χ1n) is 6.34. The normalized spacial score (nSPS) is 16.1. The Kier molecular flexibility index (Phi) is 4.14. The van der Waals surface area contributed by atoms with Gasteiger partial charge in [0.05, 0.1) is 0 Å². The quantitative estimate of drug-likeness (QED) is 0.538. The Hall–Kier alpha value is -1.36. The van der Waals surface area contributed by atoms with Crippen LogP contribution in [0.3, 0.4) is 0 Å². The smallest absolute Gasteiger partial charge is 0.145 e. The summed E-state index contributed by atoms with van der Waals surface area (Å²) in [5.41, 5.74) is 2.55. The summed E-state index contributed by atoms with van der Waals surface area (Å²) in [5, 5.41) is 3.34. The van der Waals surface area contributed by atoms with E-state index in [9.17, 15) is 0 Å². The molecule has 94 valence electrons. The first kappa shape index (κ1) is 12.1. The van der Waals surface area contributed by atoms with Crippen molar-refractivity contribution in [2.45, 2.75) is 39.0 Å². The van der Waals surface area contributed by atoms with Gasteiger partial charge in [0, 0.05) is 12.6 Å². The number of aromatic nitrogens is 2. The van der Waals surface area contributed by atoms with Crippen molar-refractivity contribution in [1.82, 2.24) is 9.97 Å². The molecule has 0 amide bonds. The lowest BCUT2D eigenvalue weighted by Gasteiger charge is -2.11. The fraction of sp³-hybridized carbons (Fsp3) is 0.667. The highest BCUT2D eigenvalue weighted by Crippen LogP contribution is 2.27. The van der Waals surface area contributed by atoms with Crippen LogP contribution < -0.4 is 16.6 Å². The third kappa shape index (κ3) is 3.56. The minimum absolute atomic E-state index is 0.654. The molecule has 17 heavy (non-hydrogen) atoms. The van der Waals surface area contributed by atoms with E-state index in [-0.39, 0.29) is 0 Å². The highest BCUT2D eigenvalue weighted by Gasteiger charge is 2.14. The van der Waals surface area contributed by atoms with Gasteiger partial charge in [-0.15, -0.1) is 0 Å². The standard InChI is InChI=1S/C12H21N5/c1-9-15-11(8-12(16-9)17-13)14-7-6-10-4-2-3-5-10/h8,10H,2-7,13H2,1H3,(H2,14,15,16,17). The monoisotopic (exact) mass is 235 g/mol. The molecule has 1 saturated carbocycles. The van der Waals surface area contributed by atoms with Crippen molar-refractivity contribution in [3.8, 4) is 0 Å². The van der Waals surface area contributed by atoms with Gasteiger partial charge in [-0.25, -0.2) is 15.8 Å². The van der Waals surface area contributed by atoms with Gasteiger partial charge in [0.15, 0.2) is 0 Å². The second kappa shape index (κ2) is 5.82. The number of anilines is 2. The molecule has 0 radical (unpaired) electrons. The van der Waals surface area contributed by atoms with Crippen LogP contribution in [0.5, 0.6) is 0 Å². The molecule has 0 aliphatic heterocycles. The lowest BCUT2D eigenvalue weighted by atomic mass is 10.0. The van der Waals surface area contributed by atoms with Crippen molar-refractivity contribution in [3.63, 3.8) is 0 Å². The summed E-state index contributed by atoms with van der Waals surface area (Å²) in [5.74, 6) is 8.48. The summed E-state index contributed by atoms with van der Waals surface area (Å²) in [6, 6.07) is 1.83. The molecule has 5 nitrogen and oxygen atoms in total. The largest absolute Gasteiger partial charge is 0.370 e. The van der Waals surface area contributed by atoms with Crippen LogP contribution in [0.4, 0.5) is 11.6 Å². The van der Waals surface area contributed by atoms with Crippen molar-refractivity contribution in [1.29, 1.82) is 0 Å². The molecular formula is C12H21N5. The van der Waals surface area contributed by atoms with E-state index in [0.29, 0.717) is 5.82 Å². The summed E-state index contributed by atoms with van der Waals surface area (Å²) < 4.78 is 0. The van der Waals surface area contributed by atoms with Crippen molar-refractivity contribution in [3.05, 3.63) is 11.9 Å². The molecule has 1 aliphatic rings. The topological polar surface area (TPSA) is 75.9 Å². The molecule has 2 rings (SSSR count). The van der Waals surface area contributed by atoms with E-state index in [4.69, 9.17) is 5.84 Å². The Balaban J connectivity index is 1.83. The number of nitrogens with two attached hydrogens (primary N) is 1. The second-order valence-electron chi connectivity index (χ2n) is 4.70. The van der Waals surface area contributed by atoms with Gasteiger partial charge in [0.25, 0.3) is 0 Å². The molecule has 1 fully saturated rings. The molecule has 1 aliphatic carbocycles. The number of nitrogen functional groups attached to an aromatic ring is 1. The summed E-state index contributed by atoms with van der Waals surface area (Å²) in [6.07, 6.45) is 6.81. The summed E-state index contributed by atoms with van der Waals surface area (Å²) in [7, 11) is 0. The molecular weight excluding hydrogens is 214 g/mol. The molecule has 1 aromatic heterocycles. The van der Waals surface area contributed by atoms with Gasteiger partial charge in [-0.1, -0.05) is 25.7 Å². The van der Waals surface area contributed by atoms with Crippen LogP contribution in [-0.4, -0.2) is 16.5 Å². The van der Waals surface area contributed by atoms with Gasteiger partial charge >= 0.3 is 0 Å². The third-order valence-electron chi connectivity index (χ3n) is 3.32. The molecule has 5 heteroatoms. The minimum Gasteiger partial charge on any atom is -0.370 e. The molecule has 0 aromatic carbocycles. The Morgan fingerprint density at radius 1 is 1.29 bits per heavy atom. The Labute approximate surface area is 102 Å². The third-order valence-corrected chi connectivity index (χ3v) is 3.32. The number of hydrogen-bond donors (Lipinski definition) is 3. The lowest BCUT2D eigenvalue weighted by molar-refractivity contribution is 0.518. The molecule has 1 aromatic rings. The van der Waals surface area contributed by atoms with E-state index in [2.05, 4.69) is 20.7 Å².